The maximum absolute atomic E-state index is 5.59. The van der Waals surface area contributed by atoms with Crippen molar-refractivity contribution in [3.05, 3.63) is 0 Å². The van der Waals surface area contributed by atoms with Crippen LogP contribution >= 0.6 is 15.9 Å². The van der Waals surface area contributed by atoms with E-state index in [1.807, 2.05) is 0 Å². The van der Waals surface area contributed by atoms with E-state index in [2.05, 4.69) is 27.8 Å². The SMILES string of the molecule is CCCCOCCN1CCCC(CBr)C1. The zero-order chi connectivity index (χ0) is 10.9. The number of rotatable bonds is 7. The summed E-state index contributed by atoms with van der Waals surface area (Å²) in [5.41, 5.74) is 0. The molecule has 1 heterocycles. The number of hydrogen-bond acceptors (Lipinski definition) is 2. The monoisotopic (exact) mass is 277 g/mol. The first-order chi connectivity index (χ1) is 7.36. The Morgan fingerprint density at radius 1 is 1.40 bits per heavy atom. The average molecular weight is 278 g/mol. The standard InChI is InChI=1S/C12H24BrNO/c1-2-3-8-15-9-7-14-6-4-5-12(10-13)11-14/h12H,2-11H2,1H3. The number of unbranched alkanes of at least 4 members (excludes halogenated alkanes) is 1. The number of piperidine rings is 1. The molecule has 1 fully saturated rings. The third-order valence-corrected chi connectivity index (χ3v) is 3.93. The minimum absolute atomic E-state index is 0.856. The Morgan fingerprint density at radius 3 is 3.00 bits per heavy atom. The van der Waals surface area contributed by atoms with E-state index < -0.39 is 0 Å². The van der Waals surface area contributed by atoms with Crippen molar-refractivity contribution in [1.29, 1.82) is 0 Å². The van der Waals surface area contributed by atoms with Gasteiger partial charge in [0.15, 0.2) is 0 Å². The van der Waals surface area contributed by atoms with Crippen molar-refractivity contribution in [2.75, 3.05) is 38.2 Å². The topological polar surface area (TPSA) is 12.5 Å². The Hall–Kier alpha value is 0.400. The molecule has 1 unspecified atom stereocenters. The van der Waals surface area contributed by atoms with E-state index in [9.17, 15) is 0 Å². The molecule has 15 heavy (non-hydrogen) atoms. The van der Waals surface area contributed by atoms with E-state index in [-0.39, 0.29) is 0 Å². The smallest absolute Gasteiger partial charge is 0.0593 e. The first-order valence-corrected chi connectivity index (χ1v) is 7.35. The zero-order valence-corrected chi connectivity index (χ0v) is 11.5. The van der Waals surface area contributed by atoms with Crippen molar-refractivity contribution in [3.63, 3.8) is 0 Å². The number of nitrogens with zero attached hydrogens (tertiary/aromatic N) is 1. The first-order valence-electron chi connectivity index (χ1n) is 6.23. The normalized spacial score (nSPS) is 23.2. The van der Waals surface area contributed by atoms with Gasteiger partial charge in [0.25, 0.3) is 0 Å². The predicted octanol–water partition coefficient (Wildman–Crippen LogP) is 2.91. The van der Waals surface area contributed by atoms with Crippen molar-refractivity contribution in [3.8, 4) is 0 Å². The molecule has 0 aromatic rings. The van der Waals surface area contributed by atoms with Gasteiger partial charge in [-0.05, 0) is 31.7 Å². The highest BCUT2D eigenvalue weighted by molar-refractivity contribution is 9.09. The lowest BCUT2D eigenvalue weighted by Crippen LogP contribution is -2.38. The highest BCUT2D eigenvalue weighted by Gasteiger charge is 2.18. The third kappa shape index (κ3) is 5.88. The number of halogens is 1. The molecule has 0 aromatic heterocycles. The number of ether oxygens (including phenoxy) is 1. The molecule has 1 atom stereocenters. The van der Waals surface area contributed by atoms with Gasteiger partial charge in [0.05, 0.1) is 6.61 Å². The lowest BCUT2D eigenvalue weighted by atomic mass is 10.0. The van der Waals surface area contributed by atoms with Gasteiger partial charge < -0.3 is 9.64 Å². The molecule has 0 amide bonds. The Bertz CT molecular complexity index is 155. The van der Waals surface area contributed by atoms with Crippen LogP contribution in [-0.2, 0) is 4.74 Å². The molecule has 0 radical (unpaired) electrons. The van der Waals surface area contributed by atoms with Crippen molar-refractivity contribution in [2.45, 2.75) is 32.6 Å². The van der Waals surface area contributed by atoms with Crippen LogP contribution in [-0.4, -0.2) is 43.1 Å². The van der Waals surface area contributed by atoms with Gasteiger partial charge >= 0.3 is 0 Å². The molecule has 1 rings (SSSR count). The molecule has 0 saturated carbocycles. The minimum atomic E-state index is 0.856. The fourth-order valence-corrected chi connectivity index (χ4v) is 2.55. The van der Waals surface area contributed by atoms with Gasteiger partial charge in [0.2, 0.25) is 0 Å². The third-order valence-electron chi connectivity index (χ3n) is 3.02. The molecule has 1 aliphatic rings. The lowest BCUT2D eigenvalue weighted by molar-refractivity contribution is 0.0862. The lowest BCUT2D eigenvalue weighted by Gasteiger charge is -2.31. The molecule has 3 heteroatoms. The van der Waals surface area contributed by atoms with E-state index in [0.29, 0.717) is 0 Å². The molecule has 90 valence electrons. The summed E-state index contributed by atoms with van der Waals surface area (Å²) in [6.45, 7) is 7.69. The van der Waals surface area contributed by atoms with Crippen molar-refractivity contribution in [1.82, 2.24) is 4.90 Å². The Kier molecular flexibility index (Phi) is 7.67. The Balaban J connectivity index is 2.00. The van der Waals surface area contributed by atoms with Gasteiger partial charge in [-0.15, -0.1) is 0 Å². The second-order valence-corrected chi connectivity index (χ2v) is 5.08. The van der Waals surface area contributed by atoms with Crippen LogP contribution in [0.4, 0.5) is 0 Å². The summed E-state index contributed by atoms with van der Waals surface area (Å²) >= 11 is 3.58. The van der Waals surface area contributed by atoms with Crippen molar-refractivity contribution in [2.24, 2.45) is 5.92 Å². The van der Waals surface area contributed by atoms with Crippen LogP contribution in [0.2, 0.25) is 0 Å². The van der Waals surface area contributed by atoms with Crippen LogP contribution in [0.15, 0.2) is 0 Å². The second kappa shape index (κ2) is 8.54. The van der Waals surface area contributed by atoms with Gasteiger partial charge in [0, 0.05) is 25.0 Å². The number of hydrogen-bond donors (Lipinski definition) is 0. The molecule has 1 saturated heterocycles. The summed E-state index contributed by atoms with van der Waals surface area (Å²) < 4.78 is 5.59. The molecule has 0 aromatic carbocycles. The molecule has 0 bridgehead atoms. The summed E-state index contributed by atoms with van der Waals surface area (Å²) in [7, 11) is 0. The van der Waals surface area contributed by atoms with Gasteiger partial charge in [-0.3, -0.25) is 0 Å². The summed E-state index contributed by atoms with van der Waals surface area (Å²) in [5, 5.41) is 1.15. The van der Waals surface area contributed by atoms with Gasteiger partial charge in [-0.1, -0.05) is 29.3 Å². The number of alkyl halides is 1. The molecule has 1 aliphatic heterocycles. The largest absolute Gasteiger partial charge is 0.380 e. The zero-order valence-electron chi connectivity index (χ0n) is 9.88. The molecule has 0 aliphatic carbocycles. The van der Waals surface area contributed by atoms with Crippen molar-refractivity contribution >= 4 is 15.9 Å². The summed E-state index contributed by atoms with van der Waals surface area (Å²) in [6, 6.07) is 0. The quantitative estimate of drug-likeness (QED) is 0.524. The van der Waals surface area contributed by atoms with E-state index in [0.717, 1.165) is 31.0 Å². The van der Waals surface area contributed by atoms with E-state index in [4.69, 9.17) is 4.74 Å². The maximum atomic E-state index is 5.59. The van der Waals surface area contributed by atoms with Crippen LogP contribution in [0.25, 0.3) is 0 Å². The first kappa shape index (κ1) is 13.5. The highest BCUT2D eigenvalue weighted by Crippen LogP contribution is 2.17. The van der Waals surface area contributed by atoms with Crippen LogP contribution in [0.3, 0.4) is 0 Å². The Morgan fingerprint density at radius 2 is 2.27 bits per heavy atom. The summed E-state index contributed by atoms with van der Waals surface area (Å²) in [5.74, 6) is 0.856. The molecular formula is C12H24BrNO. The van der Waals surface area contributed by atoms with Gasteiger partial charge in [-0.2, -0.15) is 0 Å². The summed E-state index contributed by atoms with van der Waals surface area (Å²) in [4.78, 5) is 2.54. The van der Waals surface area contributed by atoms with E-state index in [1.165, 1.54) is 38.8 Å². The molecule has 2 nitrogen and oxygen atoms in total. The van der Waals surface area contributed by atoms with Gasteiger partial charge in [-0.25, -0.2) is 0 Å². The average Bonchev–Trinajstić information content (AvgIpc) is 2.29. The van der Waals surface area contributed by atoms with E-state index in [1.54, 1.807) is 0 Å². The molecular weight excluding hydrogens is 254 g/mol. The van der Waals surface area contributed by atoms with Crippen LogP contribution in [0, 0.1) is 5.92 Å². The van der Waals surface area contributed by atoms with Gasteiger partial charge in [0.1, 0.15) is 0 Å². The predicted molar refractivity (Wildman–Crippen MR) is 68.7 cm³/mol. The van der Waals surface area contributed by atoms with Crippen LogP contribution in [0.5, 0.6) is 0 Å². The van der Waals surface area contributed by atoms with Crippen LogP contribution < -0.4 is 0 Å². The van der Waals surface area contributed by atoms with E-state index >= 15 is 0 Å². The second-order valence-electron chi connectivity index (χ2n) is 4.43. The highest BCUT2D eigenvalue weighted by atomic mass is 79.9. The molecule has 0 spiro atoms. The van der Waals surface area contributed by atoms with Crippen molar-refractivity contribution < 1.29 is 4.74 Å². The maximum Gasteiger partial charge on any atom is 0.0593 e. The molecule has 0 N–H and O–H groups in total. The fraction of sp³-hybridized carbons (Fsp3) is 1.00. The summed E-state index contributed by atoms with van der Waals surface area (Å²) in [6.07, 6.45) is 5.17. The minimum Gasteiger partial charge on any atom is -0.380 e. The van der Waals surface area contributed by atoms with Crippen LogP contribution in [0.1, 0.15) is 32.6 Å². The fourth-order valence-electron chi connectivity index (χ4n) is 2.02. The Labute approximate surface area is 102 Å². The number of likely N-dealkylation sites (tertiary alicyclic amines) is 1.